The average molecular weight is 862 g/mol. The van der Waals surface area contributed by atoms with Crippen LogP contribution in [0.4, 0.5) is 5.69 Å². The van der Waals surface area contributed by atoms with Crippen molar-refractivity contribution in [1.82, 2.24) is 0 Å². The number of anilines is 1. The van der Waals surface area contributed by atoms with Crippen LogP contribution in [0.15, 0.2) is 121 Å². The summed E-state index contributed by atoms with van der Waals surface area (Å²) in [5, 5.41) is 24.8. The predicted octanol–water partition coefficient (Wildman–Crippen LogP) is 13.2. The van der Waals surface area contributed by atoms with Crippen molar-refractivity contribution in [3.63, 3.8) is 0 Å². The summed E-state index contributed by atoms with van der Waals surface area (Å²) in [6.07, 6.45) is 3.67. The van der Waals surface area contributed by atoms with Crippen LogP contribution in [0.5, 0.6) is 23.0 Å². The van der Waals surface area contributed by atoms with Gasteiger partial charge in [-0.1, -0.05) is 101 Å². The molecule has 6 aromatic rings. The van der Waals surface area contributed by atoms with E-state index in [1.165, 1.54) is 39.6 Å². The first-order valence-corrected chi connectivity index (χ1v) is 22.5. The number of unbranched alkanes of at least 4 members (excludes halogenated alkanes) is 1. The van der Waals surface area contributed by atoms with E-state index in [-0.39, 0.29) is 18.1 Å². The van der Waals surface area contributed by atoms with Crippen LogP contribution in [0.1, 0.15) is 142 Å². The van der Waals surface area contributed by atoms with Crippen molar-refractivity contribution in [3.8, 4) is 23.0 Å². The van der Waals surface area contributed by atoms with Crippen LogP contribution in [0, 0.1) is 5.41 Å². The van der Waals surface area contributed by atoms with Crippen molar-refractivity contribution in [2.24, 2.45) is 5.41 Å². The van der Waals surface area contributed by atoms with Gasteiger partial charge in [-0.2, -0.15) is 0 Å². The highest BCUT2D eigenvalue weighted by atomic mass is 16.6. The van der Waals surface area contributed by atoms with E-state index in [4.69, 9.17) is 19.3 Å². The Morgan fingerprint density at radius 2 is 1.44 bits per heavy atom. The van der Waals surface area contributed by atoms with Gasteiger partial charge in [0, 0.05) is 47.5 Å². The van der Waals surface area contributed by atoms with Gasteiger partial charge in [0.15, 0.2) is 5.60 Å². The highest BCUT2D eigenvalue weighted by Gasteiger charge is 2.53. The zero-order valence-electron chi connectivity index (χ0n) is 37.9. The second-order valence-electron chi connectivity index (χ2n) is 17.8. The first-order valence-electron chi connectivity index (χ1n) is 22.5. The maximum absolute atomic E-state index is 12.8. The molecule has 0 aromatic heterocycles. The fourth-order valence-electron chi connectivity index (χ4n) is 8.59. The molecule has 64 heavy (non-hydrogen) atoms. The Morgan fingerprint density at radius 1 is 0.797 bits per heavy atom. The third-order valence-corrected chi connectivity index (χ3v) is 13.3. The third-order valence-electron chi connectivity index (χ3n) is 13.3. The maximum atomic E-state index is 12.8. The number of hydrogen-bond donors (Lipinski definition) is 3. The zero-order chi connectivity index (χ0) is 45.8. The number of carbonyl (C=O) groups is 3. The van der Waals surface area contributed by atoms with E-state index in [2.05, 4.69) is 93.7 Å². The maximum Gasteiger partial charge on any atom is 0.340 e. The summed E-state index contributed by atoms with van der Waals surface area (Å²) < 4.78 is 17.7. The third kappa shape index (κ3) is 9.07. The topological polar surface area (TPSA) is 131 Å². The summed E-state index contributed by atoms with van der Waals surface area (Å²) in [7, 11) is 0. The van der Waals surface area contributed by atoms with Gasteiger partial charge in [-0.3, -0.25) is 9.59 Å². The zero-order valence-corrected chi connectivity index (χ0v) is 37.9. The lowest BCUT2D eigenvalue weighted by Gasteiger charge is -2.36. The van der Waals surface area contributed by atoms with Gasteiger partial charge < -0.3 is 29.7 Å². The minimum Gasteiger partial charge on any atom is -0.508 e. The van der Waals surface area contributed by atoms with E-state index in [9.17, 15) is 19.5 Å². The molecule has 4 unspecified atom stereocenters. The molecule has 0 saturated carbocycles. The molecular formula is C55H59NO8. The lowest BCUT2D eigenvalue weighted by Crippen LogP contribution is -2.33. The first kappa shape index (κ1) is 45.4. The molecule has 0 amide bonds. The SMILES string of the molecule is CC1c2cccc3cccc(c23)C1C.CCC(C)(C)C(=O)Oc1ccc2c(c1)Oc1cc(O)ccc1C21OC(=O)c2ccccc21.CCC(C)c1ccc(NCCCCC(=O)O)cc1. The van der Waals surface area contributed by atoms with Gasteiger partial charge in [-0.15, -0.1) is 0 Å². The molecular weight excluding hydrogens is 803 g/mol. The summed E-state index contributed by atoms with van der Waals surface area (Å²) in [4.78, 5) is 35.7. The number of phenols is 1. The van der Waals surface area contributed by atoms with E-state index in [1.807, 2.05) is 32.9 Å². The summed E-state index contributed by atoms with van der Waals surface area (Å²) in [6.45, 7) is 15.5. The molecule has 0 fully saturated rings. The second kappa shape index (κ2) is 19.0. The van der Waals surface area contributed by atoms with Crippen molar-refractivity contribution < 1.29 is 38.8 Å². The predicted molar refractivity (Wildman–Crippen MR) is 252 cm³/mol. The van der Waals surface area contributed by atoms with E-state index in [0.717, 1.165) is 31.5 Å². The number of aromatic hydroxyl groups is 1. The molecule has 6 aromatic carbocycles. The quantitative estimate of drug-likeness (QED) is 0.0662. The molecule has 332 valence electrons. The van der Waals surface area contributed by atoms with E-state index < -0.39 is 23.0 Å². The normalized spacial score (nSPS) is 17.9. The van der Waals surface area contributed by atoms with Gasteiger partial charge in [0.05, 0.1) is 11.0 Å². The second-order valence-corrected chi connectivity index (χ2v) is 17.8. The standard InChI is InChI=1S/C26H22O6.C15H23NO2.C14H14/c1-4-25(2,3)24(29)30-16-10-12-20-22(14-16)31-21-13-15(27)9-11-19(21)26(20)18-8-6-5-7-17(18)23(28)32-26;1-3-12(2)13-7-9-14(10-8-13)16-11-5-4-6-15(17)18;1-9-10(2)13-8-4-6-11-5-3-7-12(9)14(11)13/h5-14,27H,4H2,1-3H3;7-10,12,16H,3-6,11H2,1-2H3,(H,17,18);3-10H,1-2H3. The summed E-state index contributed by atoms with van der Waals surface area (Å²) >= 11 is 0. The molecule has 0 bridgehead atoms. The number of nitrogens with one attached hydrogen (secondary N) is 1. The van der Waals surface area contributed by atoms with Gasteiger partial charge in [0.1, 0.15) is 23.0 Å². The average Bonchev–Trinajstić information content (AvgIpc) is 3.73. The number of fused-ring (bicyclic) bond motifs is 6. The fourth-order valence-corrected chi connectivity index (χ4v) is 8.59. The minimum absolute atomic E-state index is 0.0206. The van der Waals surface area contributed by atoms with Gasteiger partial charge in [-0.05, 0) is 127 Å². The van der Waals surface area contributed by atoms with Crippen LogP contribution in [-0.4, -0.2) is 34.7 Å². The van der Waals surface area contributed by atoms with E-state index >= 15 is 0 Å². The van der Waals surface area contributed by atoms with Gasteiger partial charge in [0.2, 0.25) is 0 Å². The number of aliphatic carboxylic acids is 1. The molecule has 9 nitrogen and oxygen atoms in total. The Balaban J connectivity index is 0.000000161. The number of carboxylic acids is 1. The number of benzene rings is 6. The Hall–Kier alpha value is -6.61. The van der Waals surface area contributed by atoms with Crippen LogP contribution >= 0.6 is 0 Å². The van der Waals surface area contributed by atoms with Crippen LogP contribution < -0.4 is 14.8 Å². The minimum atomic E-state index is -1.23. The van der Waals surface area contributed by atoms with Crippen LogP contribution in [0.2, 0.25) is 0 Å². The molecule has 2 heterocycles. The monoisotopic (exact) mass is 861 g/mol. The Morgan fingerprint density at radius 3 is 2.08 bits per heavy atom. The molecule has 0 saturated heterocycles. The van der Waals surface area contributed by atoms with Crippen molar-refractivity contribution in [2.75, 3.05) is 11.9 Å². The Kier molecular flexibility index (Phi) is 13.5. The van der Waals surface area contributed by atoms with Gasteiger partial charge in [0.25, 0.3) is 0 Å². The lowest BCUT2D eigenvalue weighted by atomic mass is 9.77. The summed E-state index contributed by atoms with van der Waals surface area (Å²) in [5.74, 6) is 1.55. The Labute approximate surface area is 376 Å². The number of hydrogen-bond acceptors (Lipinski definition) is 8. The number of rotatable bonds is 11. The van der Waals surface area contributed by atoms with Crippen molar-refractivity contribution in [3.05, 3.63) is 160 Å². The number of ether oxygens (including phenoxy) is 3. The number of esters is 2. The number of carbonyl (C=O) groups excluding carboxylic acids is 2. The molecule has 3 aliphatic rings. The summed E-state index contributed by atoms with van der Waals surface area (Å²) in [5.41, 5.74) is 6.08. The molecule has 4 atom stereocenters. The van der Waals surface area contributed by atoms with E-state index in [0.29, 0.717) is 63.7 Å². The molecule has 1 spiro atoms. The van der Waals surface area contributed by atoms with Gasteiger partial charge >= 0.3 is 17.9 Å². The molecule has 9 heteroatoms. The number of phenolic OH excluding ortho intramolecular Hbond substituents is 1. The molecule has 0 radical (unpaired) electrons. The molecule has 9 rings (SSSR count). The smallest absolute Gasteiger partial charge is 0.340 e. The highest BCUT2D eigenvalue weighted by molar-refractivity contribution is 5.97. The molecule has 1 aliphatic carbocycles. The van der Waals surface area contributed by atoms with Gasteiger partial charge in [-0.25, -0.2) is 4.79 Å². The van der Waals surface area contributed by atoms with Crippen LogP contribution in [0.3, 0.4) is 0 Å². The molecule has 2 aliphatic heterocycles. The van der Waals surface area contributed by atoms with Crippen molar-refractivity contribution in [2.45, 2.75) is 104 Å². The summed E-state index contributed by atoms with van der Waals surface area (Å²) in [6, 6.07) is 38.8. The van der Waals surface area contributed by atoms with Crippen molar-refractivity contribution >= 4 is 34.4 Å². The first-order chi connectivity index (χ1) is 30.7. The Bertz CT molecular complexity index is 2630. The largest absolute Gasteiger partial charge is 0.508 e. The van der Waals surface area contributed by atoms with Crippen LogP contribution in [-0.2, 0) is 19.9 Å². The number of carboxylic acid groups (broad SMARTS) is 1. The van der Waals surface area contributed by atoms with Crippen molar-refractivity contribution in [1.29, 1.82) is 0 Å². The highest BCUT2D eigenvalue weighted by Crippen LogP contribution is 2.57. The molecule has 3 N–H and O–H groups in total. The van der Waals surface area contributed by atoms with Crippen LogP contribution in [0.25, 0.3) is 10.8 Å². The fraction of sp³-hybridized carbons (Fsp3) is 0.327. The lowest BCUT2D eigenvalue weighted by molar-refractivity contribution is -0.144. The van der Waals surface area contributed by atoms with E-state index in [1.54, 1.807) is 36.4 Å².